The van der Waals surface area contributed by atoms with Gasteiger partial charge in [-0.2, -0.15) is 0 Å². The molecule has 0 bridgehead atoms. The number of likely N-dealkylation sites (N-methyl/N-ethyl adjacent to an activating group) is 1. The zero-order valence-electron chi connectivity index (χ0n) is 11.8. The normalized spacial score (nSPS) is 15.9. The molecule has 0 aliphatic heterocycles. The Hall–Kier alpha value is -0.830. The van der Waals surface area contributed by atoms with Gasteiger partial charge in [0.25, 0.3) is 0 Å². The van der Waals surface area contributed by atoms with Gasteiger partial charge in [0, 0.05) is 20.8 Å². The highest BCUT2D eigenvalue weighted by Gasteiger charge is 2.18. The average Bonchev–Trinajstić information content (AvgIpc) is 2.90. The molecule has 0 spiro atoms. The highest BCUT2D eigenvalue weighted by Crippen LogP contribution is 2.34. The van der Waals surface area contributed by atoms with Gasteiger partial charge in [-0.15, -0.1) is 11.3 Å². The van der Waals surface area contributed by atoms with Gasteiger partial charge in [0.1, 0.15) is 0 Å². The molecule has 1 aliphatic rings. The van der Waals surface area contributed by atoms with E-state index in [4.69, 9.17) is 11.6 Å². The number of aryl methyl sites for hydroxylation is 2. The third-order valence-electron chi connectivity index (χ3n) is 4.06. The van der Waals surface area contributed by atoms with Gasteiger partial charge in [-0.05, 0) is 68.5 Å². The Balaban J connectivity index is 1.79. The van der Waals surface area contributed by atoms with Crippen LogP contribution in [0.25, 0.3) is 0 Å². The summed E-state index contributed by atoms with van der Waals surface area (Å²) in [6.07, 6.45) is 6.27. The van der Waals surface area contributed by atoms with Gasteiger partial charge in [-0.1, -0.05) is 23.7 Å². The minimum absolute atomic E-state index is 0.409. The van der Waals surface area contributed by atoms with E-state index in [0.717, 1.165) is 11.4 Å². The van der Waals surface area contributed by atoms with Crippen molar-refractivity contribution in [3.63, 3.8) is 0 Å². The molecule has 0 fully saturated rings. The molecule has 3 heteroatoms. The second-order valence-corrected chi connectivity index (χ2v) is 7.08. The van der Waals surface area contributed by atoms with E-state index in [9.17, 15) is 0 Å². The van der Waals surface area contributed by atoms with Gasteiger partial charge in [0.15, 0.2) is 0 Å². The van der Waals surface area contributed by atoms with E-state index in [0.29, 0.717) is 6.04 Å². The van der Waals surface area contributed by atoms with Crippen LogP contribution in [-0.2, 0) is 19.3 Å². The summed E-state index contributed by atoms with van der Waals surface area (Å²) in [7, 11) is 2.05. The topological polar surface area (TPSA) is 12.0 Å². The lowest BCUT2D eigenvalue weighted by molar-refractivity contribution is 0.601. The Bertz CT molecular complexity index is 550. The number of fused-ring (bicyclic) bond motifs is 1. The molecule has 0 saturated heterocycles. The molecule has 106 valence electrons. The van der Waals surface area contributed by atoms with Crippen molar-refractivity contribution in [2.45, 2.75) is 38.1 Å². The number of thiophene rings is 1. The fourth-order valence-electron chi connectivity index (χ4n) is 2.89. The highest BCUT2D eigenvalue weighted by molar-refractivity contribution is 7.12. The quantitative estimate of drug-likeness (QED) is 0.857. The van der Waals surface area contributed by atoms with E-state index >= 15 is 0 Å². The Morgan fingerprint density at radius 3 is 2.65 bits per heavy atom. The zero-order valence-corrected chi connectivity index (χ0v) is 13.4. The lowest BCUT2D eigenvalue weighted by atomic mass is 9.98. The highest BCUT2D eigenvalue weighted by atomic mass is 35.5. The van der Waals surface area contributed by atoms with Gasteiger partial charge in [0.2, 0.25) is 0 Å². The van der Waals surface area contributed by atoms with E-state index in [1.54, 1.807) is 10.4 Å². The van der Waals surface area contributed by atoms with Crippen LogP contribution >= 0.6 is 22.9 Å². The predicted molar refractivity (Wildman–Crippen MR) is 87.9 cm³/mol. The molecule has 2 aromatic rings. The first kappa shape index (κ1) is 14.1. The maximum Gasteiger partial charge on any atom is 0.0453 e. The summed E-state index contributed by atoms with van der Waals surface area (Å²) < 4.78 is 0. The number of rotatable bonds is 4. The molecule has 1 atom stereocenters. The number of benzene rings is 1. The van der Waals surface area contributed by atoms with Crippen LogP contribution < -0.4 is 5.32 Å². The van der Waals surface area contributed by atoms with Crippen molar-refractivity contribution in [3.05, 3.63) is 56.2 Å². The third kappa shape index (κ3) is 3.08. The molecule has 1 aliphatic carbocycles. The molecule has 0 radical (unpaired) electrons. The predicted octanol–water partition coefficient (Wildman–Crippen LogP) is 4.78. The van der Waals surface area contributed by atoms with Crippen LogP contribution in [0.3, 0.4) is 0 Å². The summed E-state index contributed by atoms with van der Waals surface area (Å²) in [6, 6.07) is 11.0. The fraction of sp³-hybridized carbons (Fsp3) is 0.412. The summed E-state index contributed by atoms with van der Waals surface area (Å²) in [5, 5.41) is 4.27. The molecule has 0 saturated carbocycles. The monoisotopic (exact) mass is 305 g/mol. The Kier molecular flexibility index (Phi) is 4.45. The van der Waals surface area contributed by atoms with E-state index in [1.807, 2.05) is 23.5 Å². The van der Waals surface area contributed by atoms with Crippen LogP contribution in [0.1, 0.15) is 39.8 Å². The van der Waals surface area contributed by atoms with E-state index < -0.39 is 0 Å². The lowest BCUT2D eigenvalue weighted by Gasteiger charge is -2.14. The van der Waals surface area contributed by atoms with Crippen molar-refractivity contribution in [3.8, 4) is 0 Å². The number of nitrogens with one attached hydrogen (secondary N) is 1. The molecule has 1 unspecified atom stereocenters. The minimum Gasteiger partial charge on any atom is -0.312 e. The Morgan fingerprint density at radius 2 is 1.95 bits per heavy atom. The van der Waals surface area contributed by atoms with E-state index in [1.165, 1.54) is 36.1 Å². The fourth-order valence-corrected chi connectivity index (χ4v) is 4.38. The molecule has 1 nitrogen and oxygen atoms in total. The Morgan fingerprint density at radius 1 is 1.20 bits per heavy atom. The second kappa shape index (κ2) is 6.30. The summed E-state index contributed by atoms with van der Waals surface area (Å²) in [6.45, 7) is 0. The van der Waals surface area contributed by atoms with Gasteiger partial charge in [0.05, 0.1) is 0 Å². The summed E-state index contributed by atoms with van der Waals surface area (Å²) in [5.74, 6) is 0. The van der Waals surface area contributed by atoms with Gasteiger partial charge in [-0.3, -0.25) is 0 Å². The zero-order chi connectivity index (χ0) is 13.9. The van der Waals surface area contributed by atoms with Crippen LogP contribution in [0.15, 0.2) is 30.3 Å². The second-order valence-electron chi connectivity index (χ2n) is 5.48. The molecular weight excluding hydrogens is 286 g/mol. The SMILES string of the molecule is CNC(Cc1ccc(Cl)cc1)c1cc2c(s1)CCCC2. The number of hydrogen-bond donors (Lipinski definition) is 1. The summed E-state index contributed by atoms with van der Waals surface area (Å²) in [5.41, 5.74) is 2.92. The van der Waals surface area contributed by atoms with Crippen molar-refractivity contribution in [1.82, 2.24) is 5.32 Å². The van der Waals surface area contributed by atoms with Crippen LogP contribution in [0.2, 0.25) is 5.02 Å². The average molecular weight is 306 g/mol. The van der Waals surface area contributed by atoms with Crippen LogP contribution in [0, 0.1) is 0 Å². The maximum absolute atomic E-state index is 5.95. The lowest BCUT2D eigenvalue weighted by Crippen LogP contribution is -2.17. The van der Waals surface area contributed by atoms with Crippen LogP contribution in [0.4, 0.5) is 0 Å². The van der Waals surface area contributed by atoms with E-state index in [-0.39, 0.29) is 0 Å². The summed E-state index contributed by atoms with van der Waals surface area (Å²) in [4.78, 5) is 3.09. The minimum atomic E-state index is 0.409. The van der Waals surface area contributed by atoms with Crippen molar-refractivity contribution in [1.29, 1.82) is 0 Å². The molecule has 1 N–H and O–H groups in total. The van der Waals surface area contributed by atoms with Gasteiger partial charge >= 0.3 is 0 Å². The molecule has 1 aromatic heterocycles. The standard InChI is InChI=1S/C17H20ClNS/c1-19-15(10-12-6-8-14(18)9-7-12)17-11-13-4-2-3-5-16(13)20-17/h6-9,11,15,19H,2-5,10H2,1H3. The van der Waals surface area contributed by atoms with E-state index in [2.05, 4.69) is 30.6 Å². The number of hydrogen-bond acceptors (Lipinski definition) is 2. The van der Waals surface area contributed by atoms with Crippen molar-refractivity contribution in [2.75, 3.05) is 7.05 Å². The first-order chi connectivity index (χ1) is 9.76. The molecular formula is C17H20ClNS. The molecule has 1 heterocycles. The molecule has 20 heavy (non-hydrogen) atoms. The molecule has 3 rings (SSSR count). The molecule has 0 amide bonds. The first-order valence-corrected chi connectivity index (χ1v) is 8.49. The van der Waals surface area contributed by atoms with Crippen molar-refractivity contribution < 1.29 is 0 Å². The first-order valence-electron chi connectivity index (χ1n) is 7.29. The third-order valence-corrected chi connectivity index (χ3v) is 5.66. The maximum atomic E-state index is 5.95. The van der Waals surface area contributed by atoms with Crippen molar-refractivity contribution >= 4 is 22.9 Å². The number of halogens is 1. The summed E-state index contributed by atoms with van der Waals surface area (Å²) >= 11 is 7.96. The van der Waals surface area contributed by atoms with Crippen LogP contribution in [-0.4, -0.2) is 7.05 Å². The van der Waals surface area contributed by atoms with Crippen molar-refractivity contribution in [2.24, 2.45) is 0 Å². The Labute approximate surface area is 130 Å². The smallest absolute Gasteiger partial charge is 0.0453 e. The molecule has 1 aromatic carbocycles. The van der Waals surface area contributed by atoms with Crippen LogP contribution in [0.5, 0.6) is 0 Å². The largest absolute Gasteiger partial charge is 0.312 e. The van der Waals surface area contributed by atoms with Gasteiger partial charge in [-0.25, -0.2) is 0 Å². The van der Waals surface area contributed by atoms with Gasteiger partial charge < -0.3 is 5.32 Å².